The SMILES string of the molecule is CCc1nc2c(Cl)n[nH]c(=O)c2[nH]c1=O. The first-order chi connectivity index (χ1) is 7.13. The van der Waals surface area contributed by atoms with Crippen LogP contribution >= 0.6 is 11.6 Å². The summed E-state index contributed by atoms with van der Waals surface area (Å²) < 4.78 is 0. The number of aromatic nitrogens is 4. The van der Waals surface area contributed by atoms with Crippen LogP contribution in [0.3, 0.4) is 0 Å². The van der Waals surface area contributed by atoms with Gasteiger partial charge in [0.2, 0.25) is 0 Å². The molecule has 0 spiro atoms. The van der Waals surface area contributed by atoms with E-state index in [4.69, 9.17) is 11.6 Å². The quantitative estimate of drug-likeness (QED) is 0.728. The van der Waals surface area contributed by atoms with Crippen molar-refractivity contribution < 1.29 is 0 Å². The summed E-state index contributed by atoms with van der Waals surface area (Å²) in [7, 11) is 0. The lowest BCUT2D eigenvalue weighted by molar-refractivity contribution is 0.955. The number of fused-ring (bicyclic) bond motifs is 1. The number of nitrogens with zero attached hydrogens (tertiary/aromatic N) is 2. The molecule has 2 aromatic rings. The molecule has 7 heteroatoms. The molecule has 0 aliphatic carbocycles. The number of hydrogen-bond donors (Lipinski definition) is 2. The van der Waals surface area contributed by atoms with Gasteiger partial charge >= 0.3 is 0 Å². The van der Waals surface area contributed by atoms with E-state index in [0.717, 1.165) is 0 Å². The highest BCUT2D eigenvalue weighted by atomic mass is 35.5. The highest BCUT2D eigenvalue weighted by Crippen LogP contribution is 2.11. The summed E-state index contributed by atoms with van der Waals surface area (Å²) in [5.41, 5.74) is -0.287. The topological polar surface area (TPSA) is 91.5 Å². The minimum atomic E-state index is -0.512. The van der Waals surface area contributed by atoms with Crippen LogP contribution in [0.1, 0.15) is 12.6 Å². The lowest BCUT2D eigenvalue weighted by Crippen LogP contribution is -2.20. The van der Waals surface area contributed by atoms with Gasteiger partial charge in [-0.05, 0) is 6.42 Å². The molecule has 2 heterocycles. The molecular weight excluding hydrogens is 220 g/mol. The van der Waals surface area contributed by atoms with Crippen molar-refractivity contribution in [3.8, 4) is 0 Å². The maximum Gasteiger partial charge on any atom is 0.290 e. The Kier molecular flexibility index (Phi) is 2.28. The summed E-state index contributed by atoms with van der Waals surface area (Å²) in [5.74, 6) is 0. The fraction of sp³-hybridized carbons (Fsp3) is 0.250. The van der Waals surface area contributed by atoms with Crippen molar-refractivity contribution in [2.24, 2.45) is 0 Å². The van der Waals surface area contributed by atoms with Crippen molar-refractivity contribution in [2.75, 3.05) is 0 Å². The summed E-state index contributed by atoms with van der Waals surface area (Å²) in [6.07, 6.45) is 0.467. The number of aromatic amines is 2. The fourth-order valence-corrected chi connectivity index (χ4v) is 1.43. The van der Waals surface area contributed by atoms with Crippen LogP contribution in [0.2, 0.25) is 5.15 Å². The number of H-pyrrole nitrogens is 2. The molecule has 0 aromatic carbocycles. The number of nitrogens with one attached hydrogen (secondary N) is 2. The van der Waals surface area contributed by atoms with Gasteiger partial charge in [-0.1, -0.05) is 18.5 Å². The van der Waals surface area contributed by atoms with Crippen LogP contribution in [-0.2, 0) is 6.42 Å². The Morgan fingerprint density at radius 3 is 2.73 bits per heavy atom. The van der Waals surface area contributed by atoms with Crippen molar-refractivity contribution in [1.29, 1.82) is 0 Å². The Morgan fingerprint density at radius 1 is 1.33 bits per heavy atom. The molecule has 0 aliphatic rings. The molecule has 0 saturated heterocycles. The van der Waals surface area contributed by atoms with Crippen molar-refractivity contribution in [2.45, 2.75) is 13.3 Å². The van der Waals surface area contributed by atoms with Gasteiger partial charge in [-0.3, -0.25) is 9.59 Å². The standard InChI is InChI=1S/C8H7ClN4O2/c1-2-3-7(14)11-5-4(10-3)6(9)12-13-8(5)15/h2H2,1H3,(H,11,14)(H,13,15). The molecule has 2 N–H and O–H groups in total. The first-order valence-corrected chi connectivity index (χ1v) is 4.68. The number of aryl methyl sites for hydroxylation is 1. The normalized spacial score (nSPS) is 10.8. The highest BCUT2D eigenvalue weighted by Gasteiger charge is 2.09. The predicted octanol–water partition coefficient (Wildman–Crippen LogP) is 0.222. The van der Waals surface area contributed by atoms with E-state index in [1.807, 2.05) is 0 Å². The van der Waals surface area contributed by atoms with Crippen LogP contribution in [0, 0.1) is 0 Å². The first kappa shape index (κ1) is 9.85. The van der Waals surface area contributed by atoms with Crippen molar-refractivity contribution in [3.63, 3.8) is 0 Å². The summed E-state index contributed by atoms with van der Waals surface area (Å²) in [6, 6.07) is 0. The largest absolute Gasteiger partial charge is 0.314 e. The van der Waals surface area contributed by atoms with Gasteiger partial charge in [0.05, 0.1) is 0 Å². The van der Waals surface area contributed by atoms with Gasteiger partial charge < -0.3 is 4.98 Å². The maximum atomic E-state index is 11.4. The summed E-state index contributed by atoms with van der Waals surface area (Å²) >= 11 is 5.74. The highest BCUT2D eigenvalue weighted by molar-refractivity contribution is 6.33. The second kappa shape index (κ2) is 3.47. The van der Waals surface area contributed by atoms with Gasteiger partial charge in [0.15, 0.2) is 5.15 Å². The molecule has 2 rings (SSSR count). The van der Waals surface area contributed by atoms with Crippen LogP contribution in [0.4, 0.5) is 0 Å². The number of hydrogen-bond acceptors (Lipinski definition) is 4. The van der Waals surface area contributed by atoms with Crippen molar-refractivity contribution in [3.05, 3.63) is 31.6 Å². The Hall–Kier alpha value is -1.69. The first-order valence-electron chi connectivity index (χ1n) is 4.30. The van der Waals surface area contributed by atoms with Gasteiger partial charge in [0.25, 0.3) is 11.1 Å². The van der Waals surface area contributed by atoms with Gasteiger partial charge in [-0.15, -0.1) is 0 Å². The van der Waals surface area contributed by atoms with Crippen molar-refractivity contribution >= 4 is 22.6 Å². The lowest BCUT2D eigenvalue weighted by atomic mass is 10.3. The molecule has 15 heavy (non-hydrogen) atoms. The minimum Gasteiger partial charge on any atom is -0.314 e. The zero-order chi connectivity index (χ0) is 11.0. The van der Waals surface area contributed by atoms with Crippen LogP contribution in [0.15, 0.2) is 9.59 Å². The van der Waals surface area contributed by atoms with Crippen LogP contribution in [0.5, 0.6) is 0 Å². The van der Waals surface area contributed by atoms with E-state index >= 15 is 0 Å². The van der Waals surface area contributed by atoms with Gasteiger partial charge in [-0.25, -0.2) is 10.1 Å². The third-order valence-electron chi connectivity index (χ3n) is 2.00. The molecule has 6 nitrogen and oxygen atoms in total. The van der Waals surface area contributed by atoms with E-state index in [9.17, 15) is 9.59 Å². The molecule has 0 radical (unpaired) electrons. The number of rotatable bonds is 1. The maximum absolute atomic E-state index is 11.4. The summed E-state index contributed by atoms with van der Waals surface area (Å²) in [4.78, 5) is 29.1. The second-order valence-electron chi connectivity index (χ2n) is 2.93. The molecule has 2 aromatic heterocycles. The Bertz CT molecular complexity index is 631. The molecular formula is C8H7ClN4O2. The summed E-state index contributed by atoms with van der Waals surface area (Å²) in [5, 5.41) is 5.78. The lowest BCUT2D eigenvalue weighted by Gasteiger charge is -1.99. The minimum absolute atomic E-state index is 0.0530. The van der Waals surface area contributed by atoms with Crippen LogP contribution < -0.4 is 11.1 Å². The monoisotopic (exact) mass is 226 g/mol. The zero-order valence-corrected chi connectivity index (χ0v) is 8.55. The predicted molar refractivity (Wildman–Crippen MR) is 55.2 cm³/mol. The van der Waals surface area contributed by atoms with E-state index in [1.165, 1.54) is 0 Å². The molecule has 0 saturated carbocycles. The Balaban J connectivity index is 2.99. The van der Waals surface area contributed by atoms with Crippen LogP contribution in [0.25, 0.3) is 11.0 Å². The van der Waals surface area contributed by atoms with E-state index in [0.29, 0.717) is 12.1 Å². The Morgan fingerprint density at radius 2 is 2.07 bits per heavy atom. The average molecular weight is 227 g/mol. The van der Waals surface area contributed by atoms with Crippen LogP contribution in [-0.4, -0.2) is 20.2 Å². The molecule has 0 atom stereocenters. The van der Waals surface area contributed by atoms with E-state index in [2.05, 4.69) is 20.2 Å². The van der Waals surface area contributed by atoms with E-state index in [1.54, 1.807) is 6.92 Å². The molecule has 0 aliphatic heterocycles. The molecule has 0 fully saturated rings. The second-order valence-corrected chi connectivity index (χ2v) is 3.29. The molecule has 78 valence electrons. The summed E-state index contributed by atoms with van der Waals surface area (Å²) in [6.45, 7) is 1.79. The third-order valence-corrected chi connectivity index (χ3v) is 2.26. The molecule has 0 amide bonds. The zero-order valence-electron chi connectivity index (χ0n) is 7.80. The Labute approximate surface area is 88.3 Å². The molecule has 0 unspecified atom stereocenters. The smallest absolute Gasteiger partial charge is 0.290 e. The average Bonchev–Trinajstić information content (AvgIpc) is 2.23. The van der Waals surface area contributed by atoms with Gasteiger partial charge in [0, 0.05) is 0 Å². The van der Waals surface area contributed by atoms with Gasteiger partial charge in [-0.2, -0.15) is 5.10 Å². The van der Waals surface area contributed by atoms with E-state index < -0.39 is 5.56 Å². The van der Waals surface area contributed by atoms with Crippen molar-refractivity contribution in [1.82, 2.24) is 20.2 Å². The number of halogens is 1. The molecule has 0 bridgehead atoms. The van der Waals surface area contributed by atoms with Gasteiger partial charge in [0.1, 0.15) is 16.7 Å². The van der Waals surface area contributed by atoms with E-state index in [-0.39, 0.29) is 21.7 Å². The third kappa shape index (κ3) is 1.52. The fourth-order valence-electron chi connectivity index (χ4n) is 1.25.